The summed E-state index contributed by atoms with van der Waals surface area (Å²) in [7, 11) is -3.71. The fourth-order valence-electron chi connectivity index (χ4n) is 3.25. The van der Waals surface area contributed by atoms with E-state index in [0.717, 1.165) is 31.4 Å². The first kappa shape index (κ1) is 20.8. The van der Waals surface area contributed by atoms with Crippen LogP contribution in [0.4, 0.5) is 13.9 Å². The van der Waals surface area contributed by atoms with Crippen LogP contribution in [-0.2, 0) is 19.4 Å². The lowest BCUT2D eigenvalue weighted by Crippen LogP contribution is -2.26. The highest BCUT2D eigenvalue weighted by molar-refractivity contribution is 7.90. The first-order valence-corrected chi connectivity index (χ1v) is 11.4. The molecule has 6 nitrogen and oxygen atoms in total. The predicted molar refractivity (Wildman–Crippen MR) is 101 cm³/mol. The summed E-state index contributed by atoms with van der Waals surface area (Å²) in [6, 6.07) is 3.71. The van der Waals surface area contributed by atoms with Gasteiger partial charge in [0.2, 0.25) is 5.91 Å². The van der Waals surface area contributed by atoms with Gasteiger partial charge in [-0.1, -0.05) is 17.4 Å². The normalized spacial score (nSPS) is 16.7. The molecule has 1 aliphatic rings. The van der Waals surface area contributed by atoms with Crippen molar-refractivity contribution in [3.05, 3.63) is 40.9 Å². The van der Waals surface area contributed by atoms with E-state index in [0.29, 0.717) is 36.5 Å². The maximum absolute atomic E-state index is 14.4. The highest BCUT2D eigenvalue weighted by Crippen LogP contribution is 2.32. The molecule has 1 fully saturated rings. The number of nitrogens with zero attached hydrogens (tertiary/aromatic N) is 1. The van der Waals surface area contributed by atoms with Crippen LogP contribution in [0.25, 0.3) is 0 Å². The van der Waals surface area contributed by atoms with Gasteiger partial charge in [-0.25, -0.2) is 17.8 Å². The molecular weight excluding hydrogens is 410 g/mol. The molecule has 1 N–H and O–H groups in total. The van der Waals surface area contributed by atoms with Gasteiger partial charge in [0.1, 0.15) is 10.7 Å². The Morgan fingerprint density at radius 1 is 1.36 bits per heavy atom. The molecular formula is C18H20F2N2O4S2. The second-order valence-electron chi connectivity index (χ2n) is 6.76. The Hall–Kier alpha value is -1.91. The van der Waals surface area contributed by atoms with Crippen molar-refractivity contribution >= 4 is 32.2 Å². The highest BCUT2D eigenvalue weighted by atomic mass is 32.2. The minimum atomic E-state index is -3.71. The van der Waals surface area contributed by atoms with Crippen molar-refractivity contribution < 1.29 is 26.7 Å². The molecule has 152 valence electrons. The van der Waals surface area contributed by atoms with Crippen LogP contribution in [0.5, 0.6) is 0 Å². The second kappa shape index (κ2) is 8.62. The summed E-state index contributed by atoms with van der Waals surface area (Å²) < 4.78 is 56.2. The molecule has 2 aromatic rings. The van der Waals surface area contributed by atoms with Crippen molar-refractivity contribution in [2.24, 2.45) is 5.92 Å². The van der Waals surface area contributed by atoms with E-state index in [-0.39, 0.29) is 11.0 Å². The molecule has 10 heteroatoms. The minimum absolute atomic E-state index is 0.118. The lowest BCUT2D eigenvalue weighted by molar-refractivity contribution is -0.118. The van der Waals surface area contributed by atoms with Gasteiger partial charge in [0.25, 0.3) is 0 Å². The van der Waals surface area contributed by atoms with Crippen molar-refractivity contribution in [3.63, 3.8) is 0 Å². The molecule has 0 bridgehead atoms. The van der Waals surface area contributed by atoms with E-state index in [4.69, 9.17) is 4.74 Å². The number of anilines is 1. The summed E-state index contributed by atoms with van der Waals surface area (Å²) in [4.78, 5) is 16.2. The van der Waals surface area contributed by atoms with Gasteiger partial charge < -0.3 is 10.1 Å². The van der Waals surface area contributed by atoms with Crippen molar-refractivity contribution in [1.82, 2.24) is 4.98 Å². The summed E-state index contributed by atoms with van der Waals surface area (Å²) in [5, 5.41) is 2.16. The van der Waals surface area contributed by atoms with Gasteiger partial charge in [-0.2, -0.15) is 4.39 Å². The molecule has 1 aromatic carbocycles. The van der Waals surface area contributed by atoms with Gasteiger partial charge in [0.15, 0.2) is 20.1 Å². The molecule has 1 amide bonds. The third-order valence-electron chi connectivity index (χ3n) is 4.69. The van der Waals surface area contributed by atoms with E-state index in [1.807, 2.05) is 0 Å². The summed E-state index contributed by atoms with van der Waals surface area (Å²) in [5.74, 6) is -1.86. The number of benzene rings is 1. The Balaban J connectivity index is 1.88. The molecule has 0 saturated carbocycles. The predicted octanol–water partition coefficient (Wildman–Crippen LogP) is 3.36. The first-order chi connectivity index (χ1) is 13.2. The molecule has 0 aliphatic carbocycles. The second-order valence-corrected chi connectivity index (χ2v) is 9.73. The van der Waals surface area contributed by atoms with Crippen molar-refractivity contribution in [2.75, 3.05) is 24.8 Å². The van der Waals surface area contributed by atoms with Crippen LogP contribution in [0, 0.1) is 16.9 Å². The van der Waals surface area contributed by atoms with Gasteiger partial charge in [0, 0.05) is 19.5 Å². The smallest absolute Gasteiger partial charge is 0.233 e. The SMILES string of the molecule is CS(=O)(=O)c1ccc(C(CC2CCOCC2)C(=O)Nc2ncc(F)s2)cc1F. The van der Waals surface area contributed by atoms with Gasteiger partial charge >= 0.3 is 0 Å². The third kappa shape index (κ3) is 5.12. The summed E-state index contributed by atoms with van der Waals surface area (Å²) >= 11 is 0.701. The van der Waals surface area contributed by atoms with Crippen LogP contribution < -0.4 is 5.32 Å². The Morgan fingerprint density at radius 3 is 2.64 bits per heavy atom. The van der Waals surface area contributed by atoms with E-state index in [2.05, 4.69) is 10.3 Å². The maximum Gasteiger partial charge on any atom is 0.233 e. The van der Waals surface area contributed by atoms with Crippen LogP contribution in [0.15, 0.2) is 29.3 Å². The van der Waals surface area contributed by atoms with Crippen LogP contribution in [0.1, 0.15) is 30.7 Å². The minimum Gasteiger partial charge on any atom is -0.381 e. The lowest BCUT2D eigenvalue weighted by Gasteiger charge is -2.26. The Bertz CT molecular complexity index is 956. The number of sulfone groups is 1. The standard InChI is InChI=1S/C18H20F2N2O4S2/c1-28(24,25)15-3-2-12(9-14(15)19)13(8-11-4-6-26-7-5-11)17(23)22-18-21-10-16(20)27-18/h2-3,9-11,13H,4-8H2,1H3,(H,21,22,23). The molecule has 0 spiro atoms. The van der Waals surface area contributed by atoms with Crippen LogP contribution in [0.2, 0.25) is 0 Å². The Kier molecular flexibility index (Phi) is 6.41. The quantitative estimate of drug-likeness (QED) is 0.760. The van der Waals surface area contributed by atoms with E-state index in [1.165, 1.54) is 12.1 Å². The molecule has 1 aromatic heterocycles. The number of hydrogen-bond acceptors (Lipinski definition) is 6. The number of aromatic nitrogens is 1. The number of ether oxygens (including phenoxy) is 1. The molecule has 3 rings (SSSR count). The van der Waals surface area contributed by atoms with E-state index >= 15 is 0 Å². The zero-order valence-electron chi connectivity index (χ0n) is 15.2. The molecule has 1 saturated heterocycles. The molecule has 1 atom stereocenters. The maximum atomic E-state index is 14.4. The third-order valence-corrected chi connectivity index (χ3v) is 6.52. The molecule has 2 heterocycles. The van der Waals surface area contributed by atoms with Crippen LogP contribution >= 0.6 is 11.3 Å². The summed E-state index contributed by atoms with van der Waals surface area (Å²) in [6.07, 6.45) is 3.93. The van der Waals surface area contributed by atoms with E-state index < -0.39 is 37.5 Å². The number of hydrogen-bond donors (Lipinski definition) is 1. The molecule has 28 heavy (non-hydrogen) atoms. The number of carbonyl (C=O) groups excluding carboxylic acids is 1. The molecule has 0 radical (unpaired) electrons. The van der Waals surface area contributed by atoms with Crippen molar-refractivity contribution in [1.29, 1.82) is 0 Å². The van der Waals surface area contributed by atoms with Gasteiger partial charge in [-0.3, -0.25) is 4.79 Å². The monoisotopic (exact) mass is 430 g/mol. The van der Waals surface area contributed by atoms with Gasteiger partial charge in [0.05, 0.1) is 12.1 Å². The fourth-order valence-corrected chi connectivity index (χ4v) is 4.52. The average Bonchev–Trinajstić information content (AvgIpc) is 3.04. The number of carbonyl (C=O) groups is 1. The Labute approximate surface area is 165 Å². The van der Waals surface area contributed by atoms with E-state index in [1.54, 1.807) is 0 Å². The van der Waals surface area contributed by atoms with E-state index in [9.17, 15) is 22.0 Å². The molecule has 1 unspecified atom stereocenters. The number of nitrogens with one attached hydrogen (secondary N) is 1. The number of halogens is 2. The zero-order chi connectivity index (χ0) is 20.3. The summed E-state index contributed by atoms with van der Waals surface area (Å²) in [5.41, 5.74) is 0.367. The average molecular weight is 430 g/mol. The number of rotatable bonds is 6. The van der Waals surface area contributed by atoms with Gasteiger partial charge in [-0.05, 0) is 42.9 Å². The largest absolute Gasteiger partial charge is 0.381 e. The fraction of sp³-hybridized carbons (Fsp3) is 0.444. The Morgan fingerprint density at radius 2 is 2.07 bits per heavy atom. The molecule has 1 aliphatic heterocycles. The van der Waals surface area contributed by atoms with Crippen LogP contribution in [0.3, 0.4) is 0 Å². The first-order valence-electron chi connectivity index (χ1n) is 8.73. The lowest BCUT2D eigenvalue weighted by atomic mass is 9.84. The zero-order valence-corrected chi connectivity index (χ0v) is 16.8. The summed E-state index contributed by atoms with van der Waals surface area (Å²) in [6.45, 7) is 1.19. The van der Waals surface area contributed by atoms with Gasteiger partial charge in [-0.15, -0.1) is 0 Å². The topological polar surface area (TPSA) is 85.4 Å². The van der Waals surface area contributed by atoms with Crippen molar-refractivity contribution in [2.45, 2.75) is 30.1 Å². The van der Waals surface area contributed by atoms with Crippen molar-refractivity contribution in [3.8, 4) is 0 Å². The highest BCUT2D eigenvalue weighted by Gasteiger charge is 2.28. The number of amides is 1. The number of thiazole rings is 1. The van der Waals surface area contributed by atoms with Crippen LogP contribution in [-0.4, -0.2) is 38.8 Å².